The first-order valence-electron chi connectivity index (χ1n) is 13.3. The van der Waals surface area contributed by atoms with Crippen molar-refractivity contribution in [1.29, 1.82) is 0 Å². The molecule has 1 aliphatic rings. The molecule has 1 saturated carbocycles. The molecule has 2 heterocycles. The summed E-state index contributed by atoms with van der Waals surface area (Å²) in [5.74, 6) is -1.26. The van der Waals surface area contributed by atoms with Gasteiger partial charge in [-0.15, -0.1) is 11.3 Å². The summed E-state index contributed by atoms with van der Waals surface area (Å²) >= 11 is 1.57. The molecule has 0 unspecified atom stereocenters. The topological polar surface area (TPSA) is 113 Å². The Morgan fingerprint density at radius 2 is 1.82 bits per heavy atom. The molecule has 0 radical (unpaired) electrons. The number of carbonyl (C=O) groups excluding carboxylic acids is 2. The van der Waals surface area contributed by atoms with Gasteiger partial charge in [-0.2, -0.15) is 0 Å². The van der Waals surface area contributed by atoms with E-state index in [0.717, 1.165) is 41.2 Å². The molecule has 0 atom stereocenters. The summed E-state index contributed by atoms with van der Waals surface area (Å²) in [5, 5.41) is 17.7. The molecule has 206 valence electrons. The van der Waals surface area contributed by atoms with Gasteiger partial charge in [0.15, 0.2) is 0 Å². The molecule has 1 fully saturated rings. The van der Waals surface area contributed by atoms with Crippen LogP contribution < -0.4 is 10.6 Å². The van der Waals surface area contributed by atoms with Crippen LogP contribution >= 0.6 is 11.3 Å². The molecule has 0 saturated heterocycles. The lowest BCUT2D eigenvalue weighted by Crippen LogP contribution is -2.52. The van der Waals surface area contributed by atoms with E-state index in [1.165, 1.54) is 24.5 Å². The van der Waals surface area contributed by atoms with Crippen LogP contribution in [0.2, 0.25) is 0 Å². The van der Waals surface area contributed by atoms with E-state index in [2.05, 4.69) is 25.6 Å². The fraction of sp³-hybridized carbons (Fsp3) is 0.290. The van der Waals surface area contributed by atoms with E-state index in [9.17, 15) is 14.4 Å². The Kier molecular flexibility index (Phi) is 7.58. The number of aliphatic carboxylic acids is 1. The minimum absolute atomic E-state index is 0.338. The maximum absolute atomic E-state index is 13.4. The first kappa shape index (κ1) is 27.3. The fourth-order valence-corrected chi connectivity index (χ4v) is 5.96. The maximum Gasteiger partial charge on any atom is 0.328 e. The van der Waals surface area contributed by atoms with Crippen molar-refractivity contribution in [1.82, 2.24) is 14.9 Å². The van der Waals surface area contributed by atoms with E-state index in [-0.39, 0.29) is 11.8 Å². The lowest BCUT2D eigenvalue weighted by atomic mass is 9.93. The van der Waals surface area contributed by atoms with Crippen LogP contribution in [0.3, 0.4) is 0 Å². The van der Waals surface area contributed by atoms with Crippen molar-refractivity contribution in [3.63, 3.8) is 0 Å². The molecule has 5 rings (SSSR count). The van der Waals surface area contributed by atoms with Crippen LogP contribution in [0.5, 0.6) is 0 Å². The zero-order valence-corrected chi connectivity index (χ0v) is 23.5. The van der Waals surface area contributed by atoms with Crippen LogP contribution in [0.25, 0.3) is 28.4 Å². The predicted octanol–water partition coefficient (Wildman–Crippen LogP) is 6.20. The van der Waals surface area contributed by atoms with Crippen LogP contribution in [-0.2, 0) is 16.6 Å². The summed E-state index contributed by atoms with van der Waals surface area (Å²) in [5.41, 5.74) is 6.73. The van der Waals surface area contributed by atoms with Gasteiger partial charge in [-0.05, 0) is 74.1 Å². The number of benzene rings is 2. The molecule has 0 bridgehead atoms. The third-order valence-electron chi connectivity index (χ3n) is 7.52. The van der Waals surface area contributed by atoms with Crippen molar-refractivity contribution in [2.24, 2.45) is 7.05 Å². The first-order valence-corrected chi connectivity index (χ1v) is 14.2. The zero-order valence-electron chi connectivity index (χ0n) is 22.7. The van der Waals surface area contributed by atoms with Gasteiger partial charge in [-0.3, -0.25) is 9.59 Å². The van der Waals surface area contributed by atoms with Crippen molar-refractivity contribution in [3.8, 4) is 11.4 Å². The molecule has 4 aromatic rings. The van der Waals surface area contributed by atoms with Crippen molar-refractivity contribution in [3.05, 3.63) is 76.1 Å². The Morgan fingerprint density at radius 3 is 2.48 bits per heavy atom. The van der Waals surface area contributed by atoms with Gasteiger partial charge in [0.05, 0.1) is 16.9 Å². The summed E-state index contributed by atoms with van der Waals surface area (Å²) in [6.07, 6.45) is 7.28. The molecule has 0 aliphatic heterocycles. The number of anilines is 1. The number of carboxylic acid groups (broad SMARTS) is 1. The molecule has 0 spiro atoms. The Balaban J connectivity index is 1.36. The number of thiazole rings is 1. The third kappa shape index (κ3) is 5.56. The summed E-state index contributed by atoms with van der Waals surface area (Å²) in [4.78, 5) is 41.7. The van der Waals surface area contributed by atoms with Crippen molar-refractivity contribution < 1.29 is 19.5 Å². The van der Waals surface area contributed by atoms with E-state index in [1.807, 2.05) is 30.8 Å². The van der Waals surface area contributed by atoms with Gasteiger partial charge < -0.3 is 20.3 Å². The normalized spacial score (nSPS) is 14.2. The first-order chi connectivity index (χ1) is 19.1. The number of hydrogen-bond acceptors (Lipinski definition) is 5. The van der Waals surface area contributed by atoms with Crippen LogP contribution in [0.1, 0.15) is 66.9 Å². The van der Waals surface area contributed by atoms with E-state index in [4.69, 9.17) is 5.11 Å². The van der Waals surface area contributed by atoms with Gasteiger partial charge in [0.25, 0.3) is 5.91 Å². The number of hydrogen-bond donors (Lipinski definition) is 3. The second-order valence-electron chi connectivity index (χ2n) is 10.7. The largest absolute Gasteiger partial charge is 0.478 e. The van der Waals surface area contributed by atoms with Gasteiger partial charge in [0.2, 0.25) is 5.91 Å². The van der Waals surface area contributed by atoms with Crippen LogP contribution in [-0.4, -0.2) is 38.0 Å². The van der Waals surface area contributed by atoms with E-state index < -0.39 is 11.5 Å². The number of carbonyl (C=O) groups is 3. The number of rotatable bonds is 8. The Labute approximate surface area is 236 Å². The third-order valence-corrected chi connectivity index (χ3v) is 8.11. The minimum atomic E-state index is -1.19. The number of carboxylic acids is 1. The highest BCUT2D eigenvalue weighted by atomic mass is 32.1. The predicted molar refractivity (Wildman–Crippen MR) is 159 cm³/mol. The van der Waals surface area contributed by atoms with Gasteiger partial charge in [0, 0.05) is 40.7 Å². The highest BCUT2D eigenvalue weighted by Crippen LogP contribution is 2.44. The average molecular weight is 557 g/mol. The molecule has 2 aromatic heterocycles. The summed E-state index contributed by atoms with van der Waals surface area (Å²) in [6, 6.07) is 12.5. The lowest BCUT2D eigenvalue weighted by Gasteiger charge is -2.25. The van der Waals surface area contributed by atoms with Crippen LogP contribution in [0.15, 0.2) is 59.4 Å². The summed E-state index contributed by atoms with van der Waals surface area (Å²) in [7, 11) is 2.03. The highest BCUT2D eigenvalue weighted by molar-refractivity contribution is 7.07. The molecule has 40 heavy (non-hydrogen) atoms. The fourth-order valence-electron chi connectivity index (χ4n) is 5.42. The van der Waals surface area contributed by atoms with Gasteiger partial charge >= 0.3 is 5.97 Å². The smallest absolute Gasteiger partial charge is 0.328 e. The second-order valence-corrected chi connectivity index (χ2v) is 11.5. The zero-order chi connectivity index (χ0) is 28.4. The molecule has 1 aliphatic carbocycles. The van der Waals surface area contributed by atoms with Crippen LogP contribution in [0, 0.1) is 0 Å². The molecule has 9 heteroatoms. The molecule has 2 aromatic carbocycles. The van der Waals surface area contributed by atoms with Gasteiger partial charge in [-0.1, -0.05) is 31.0 Å². The Hall–Kier alpha value is -4.24. The highest BCUT2D eigenvalue weighted by Gasteiger charge is 2.31. The minimum Gasteiger partial charge on any atom is -0.478 e. The van der Waals surface area contributed by atoms with Crippen LogP contribution in [0.4, 0.5) is 5.69 Å². The number of amides is 2. The average Bonchev–Trinajstić information content (AvgIpc) is 3.69. The standard InChI is InChI=1S/C31H32N4O4S/c1-31(2,30(39)33-22-12-8-19(9-13-22)10-15-26(36)37)34-29(38)21-11-14-23-25(16-21)35(3)28(24-17-40-18-32-24)27(23)20-6-4-5-7-20/h8-18,20H,4-7H2,1-3H3,(H,33,39)(H,34,38)(H,36,37)/b15-10+. The van der Waals surface area contributed by atoms with Crippen molar-refractivity contribution in [2.45, 2.75) is 51.0 Å². The SMILES string of the molecule is Cn1c(-c2cscn2)c(C2CCCC2)c2ccc(C(=O)NC(C)(C)C(=O)Nc3ccc(/C=C/C(=O)O)cc3)cc21. The molecule has 3 N–H and O–H groups in total. The van der Waals surface area contributed by atoms with Crippen molar-refractivity contribution >= 4 is 51.8 Å². The quantitative estimate of drug-likeness (QED) is 0.224. The van der Waals surface area contributed by atoms with E-state index >= 15 is 0 Å². The molecular weight excluding hydrogens is 524 g/mol. The van der Waals surface area contributed by atoms with E-state index in [1.54, 1.807) is 49.4 Å². The molecule has 2 amide bonds. The number of nitrogens with one attached hydrogen (secondary N) is 2. The monoisotopic (exact) mass is 556 g/mol. The summed E-state index contributed by atoms with van der Waals surface area (Å²) < 4.78 is 2.14. The number of fused-ring (bicyclic) bond motifs is 1. The second kappa shape index (κ2) is 11.1. The number of aromatic nitrogens is 2. The van der Waals surface area contributed by atoms with Gasteiger partial charge in [0.1, 0.15) is 5.54 Å². The molecule has 8 nitrogen and oxygen atoms in total. The van der Waals surface area contributed by atoms with Gasteiger partial charge in [-0.25, -0.2) is 9.78 Å². The Morgan fingerprint density at radius 1 is 1.10 bits per heavy atom. The van der Waals surface area contributed by atoms with Crippen molar-refractivity contribution in [2.75, 3.05) is 5.32 Å². The number of nitrogens with zero attached hydrogens (tertiary/aromatic N) is 2. The maximum atomic E-state index is 13.4. The summed E-state index contributed by atoms with van der Waals surface area (Å²) in [6.45, 7) is 3.31. The Bertz CT molecular complexity index is 1590. The lowest BCUT2D eigenvalue weighted by molar-refractivity contribution is -0.131. The van der Waals surface area contributed by atoms with E-state index in [0.29, 0.717) is 22.7 Å². The molecular formula is C31H32N4O4S. The number of aryl methyl sites for hydroxylation is 1.